The maximum atomic E-state index is 8.68. The van der Waals surface area contributed by atoms with Gasteiger partial charge in [0.25, 0.3) is 0 Å². The SMILES string of the molecule is [2H]c1c([2H])c([2H])c(-c2cccc3c2sc2c(-c4ccc(-c5nc(-c6ccc7c(c6)oc6ccccc67)nc(-c6cccc7ccccc67)n5)cc4)cccc23)c([2H])c1[2H]. The first-order chi connectivity index (χ1) is 28.8. The molecule has 0 aliphatic carbocycles. The zero-order chi connectivity index (χ0) is 39.9. The van der Waals surface area contributed by atoms with E-state index in [1.807, 2.05) is 91.0 Å². The van der Waals surface area contributed by atoms with Gasteiger partial charge in [0.1, 0.15) is 11.2 Å². The first-order valence-corrected chi connectivity index (χ1v) is 18.4. The van der Waals surface area contributed by atoms with E-state index in [0.717, 1.165) is 80.7 Å². The van der Waals surface area contributed by atoms with Crippen molar-refractivity contribution in [2.24, 2.45) is 0 Å². The van der Waals surface area contributed by atoms with Gasteiger partial charge in [-0.15, -0.1) is 11.3 Å². The number of nitrogens with zero attached hydrogens (tertiary/aromatic N) is 3. The van der Waals surface area contributed by atoms with Crippen LogP contribution in [-0.4, -0.2) is 15.0 Å². The van der Waals surface area contributed by atoms with Crippen molar-refractivity contribution < 1.29 is 11.3 Å². The van der Waals surface area contributed by atoms with Crippen molar-refractivity contribution >= 4 is 64.2 Å². The fraction of sp³-hybridized carbons (Fsp3) is 0. The number of hydrogen-bond donors (Lipinski definition) is 0. The van der Waals surface area contributed by atoms with Crippen LogP contribution in [0, 0.1) is 0 Å². The molecule has 0 aliphatic heterocycles. The molecular weight excluding hydrogens is 679 g/mol. The smallest absolute Gasteiger partial charge is 0.164 e. The fourth-order valence-electron chi connectivity index (χ4n) is 7.47. The Morgan fingerprint density at radius 3 is 1.76 bits per heavy atom. The molecule has 4 nitrogen and oxygen atoms in total. The van der Waals surface area contributed by atoms with Crippen LogP contribution < -0.4 is 0 Å². The summed E-state index contributed by atoms with van der Waals surface area (Å²) < 4.78 is 50.2. The molecular formula is C49H29N3OS. The third-order valence-corrected chi connectivity index (χ3v) is 11.3. The van der Waals surface area contributed by atoms with Gasteiger partial charge in [-0.2, -0.15) is 0 Å². The molecule has 0 unspecified atom stereocenters. The van der Waals surface area contributed by atoms with Crippen molar-refractivity contribution in [3.05, 3.63) is 176 Å². The van der Waals surface area contributed by atoms with Crippen LogP contribution in [0.2, 0.25) is 0 Å². The molecule has 11 aromatic rings. The topological polar surface area (TPSA) is 51.8 Å². The Morgan fingerprint density at radius 1 is 0.407 bits per heavy atom. The number of fused-ring (bicyclic) bond motifs is 7. The highest BCUT2D eigenvalue weighted by molar-refractivity contribution is 7.26. The molecule has 0 N–H and O–H groups in total. The maximum absolute atomic E-state index is 8.68. The normalized spacial score (nSPS) is 13.0. The Morgan fingerprint density at radius 2 is 0.963 bits per heavy atom. The van der Waals surface area contributed by atoms with Gasteiger partial charge >= 0.3 is 0 Å². The summed E-state index contributed by atoms with van der Waals surface area (Å²) in [5.74, 6) is 1.65. The zero-order valence-corrected chi connectivity index (χ0v) is 29.3. The summed E-state index contributed by atoms with van der Waals surface area (Å²) in [5, 5.41) is 6.23. The Hall–Kier alpha value is -6.95. The van der Waals surface area contributed by atoms with E-state index >= 15 is 0 Å². The van der Waals surface area contributed by atoms with E-state index in [9.17, 15) is 0 Å². The molecule has 0 bridgehead atoms. The van der Waals surface area contributed by atoms with Gasteiger partial charge in [0.15, 0.2) is 17.5 Å². The minimum Gasteiger partial charge on any atom is -0.456 e. The van der Waals surface area contributed by atoms with E-state index in [0.29, 0.717) is 23.0 Å². The van der Waals surface area contributed by atoms with Crippen molar-refractivity contribution in [2.75, 3.05) is 0 Å². The first kappa shape index (κ1) is 25.9. The lowest BCUT2D eigenvalue weighted by Gasteiger charge is -2.11. The molecule has 11 rings (SSSR count). The molecule has 5 heteroatoms. The highest BCUT2D eigenvalue weighted by Crippen LogP contribution is 2.44. The van der Waals surface area contributed by atoms with Crippen LogP contribution in [0.1, 0.15) is 6.85 Å². The molecule has 0 saturated carbocycles. The predicted molar refractivity (Wildman–Crippen MR) is 225 cm³/mol. The molecule has 0 radical (unpaired) electrons. The Bertz CT molecular complexity index is 3490. The number of furan rings is 1. The lowest BCUT2D eigenvalue weighted by atomic mass is 9.99. The highest BCUT2D eigenvalue weighted by Gasteiger charge is 2.18. The van der Waals surface area contributed by atoms with E-state index < -0.39 is 6.04 Å². The van der Waals surface area contributed by atoms with Crippen LogP contribution in [0.25, 0.3) is 109 Å². The maximum Gasteiger partial charge on any atom is 0.164 e. The lowest BCUT2D eigenvalue weighted by Crippen LogP contribution is -2.00. The summed E-state index contributed by atoms with van der Waals surface area (Å²) in [6, 6.07) is 47.1. The Labute approximate surface area is 321 Å². The molecule has 0 spiro atoms. The molecule has 3 aromatic heterocycles. The molecule has 0 atom stereocenters. The third kappa shape index (κ3) is 5.01. The van der Waals surface area contributed by atoms with E-state index in [1.54, 1.807) is 11.3 Å². The second kappa shape index (κ2) is 12.3. The van der Waals surface area contributed by atoms with Gasteiger partial charge in [-0.3, -0.25) is 0 Å². The zero-order valence-electron chi connectivity index (χ0n) is 33.5. The summed E-state index contributed by atoms with van der Waals surface area (Å²) in [7, 11) is 0. The van der Waals surface area contributed by atoms with Crippen LogP contribution in [-0.2, 0) is 0 Å². The summed E-state index contributed by atoms with van der Waals surface area (Å²) in [6.45, 7) is 0. The van der Waals surface area contributed by atoms with E-state index in [1.165, 1.54) is 0 Å². The summed E-state index contributed by atoms with van der Waals surface area (Å²) in [4.78, 5) is 15.2. The third-order valence-electron chi connectivity index (χ3n) is 10.1. The van der Waals surface area contributed by atoms with Crippen LogP contribution >= 0.6 is 11.3 Å². The molecule has 0 saturated heterocycles. The average molecular weight is 713 g/mol. The second-order valence-electron chi connectivity index (χ2n) is 13.2. The van der Waals surface area contributed by atoms with Crippen molar-refractivity contribution in [1.29, 1.82) is 0 Å². The lowest BCUT2D eigenvalue weighted by molar-refractivity contribution is 0.669. The number of thiophene rings is 1. The van der Waals surface area contributed by atoms with E-state index in [2.05, 4.69) is 54.6 Å². The van der Waals surface area contributed by atoms with Crippen LogP contribution in [0.4, 0.5) is 0 Å². The molecule has 0 fully saturated rings. The summed E-state index contributed by atoms with van der Waals surface area (Å²) >= 11 is 1.56. The molecule has 0 aliphatic rings. The standard InChI is InChI=1S/C49H29N3OS/c1-2-11-31(12-3-1)36-17-9-19-40-41-20-10-18-37(46(41)54-45(36)40)32-23-25-33(26-24-32)47-50-48(34-27-28-39-38-16-6-7-22-43(38)53-44(39)29-34)52-49(51-47)42-21-8-14-30-13-4-5-15-35(30)42/h1-29H/i1D,2D,3D,11D,12D. The highest BCUT2D eigenvalue weighted by atomic mass is 32.1. The molecule has 252 valence electrons. The van der Waals surface area contributed by atoms with Crippen molar-refractivity contribution in [2.45, 2.75) is 0 Å². The van der Waals surface area contributed by atoms with E-state index in [-0.39, 0.29) is 29.7 Å². The van der Waals surface area contributed by atoms with Gasteiger partial charge in [0.05, 0.1) is 6.85 Å². The minimum atomic E-state index is -0.402. The quantitative estimate of drug-likeness (QED) is 0.178. The number of benzene rings is 8. The van der Waals surface area contributed by atoms with Crippen LogP contribution in [0.3, 0.4) is 0 Å². The minimum absolute atomic E-state index is 0.205. The Balaban J connectivity index is 1.04. The number of rotatable bonds is 5. The van der Waals surface area contributed by atoms with Crippen LogP contribution in [0.15, 0.2) is 180 Å². The summed E-state index contributed by atoms with van der Waals surface area (Å²) in [6.07, 6.45) is 0. The van der Waals surface area contributed by atoms with Crippen LogP contribution in [0.5, 0.6) is 0 Å². The largest absolute Gasteiger partial charge is 0.456 e. The number of para-hydroxylation sites is 1. The first-order valence-electron chi connectivity index (χ1n) is 20.1. The predicted octanol–water partition coefficient (Wildman–Crippen LogP) is 13.6. The van der Waals surface area contributed by atoms with Crippen molar-refractivity contribution in [3.63, 3.8) is 0 Å². The van der Waals surface area contributed by atoms with Crippen molar-refractivity contribution in [1.82, 2.24) is 15.0 Å². The second-order valence-corrected chi connectivity index (χ2v) is 14.2. The molecule has 8 aromatic carbocycles. The van der Waals surface area contributed by atoms with Gasteiger partial charge in [0, 0.05) is 47.6 Å². The molecule has 54 heavy (non-hydrogen) atoms. The summed E-state index contributed by atoms with van der Waals surface area (Å²) in [5.41, 5.74) is 6.99. The van der Waals surface area contributed by atoms with E-state index in [4.69, 9.17) is 26.2 Å². The fourth-order valence-corrected chi connectivity index (χ4v) is 8.82. The van der Waals surface area contributed by atoms with Gasteiger partial charge in [-0.25, -0.2) is 15.0 Å². The number of aromatic nitrogens is 3. The average Bonchev–Trinajstić information content (AvgIpc) is 3.86. The number of hydrogen-bond acceptors (Lipinski definition) is 5. The molecule has 3 heterocycles. The van der Waals surface area contributed by atoms with Gasteiger partial charge in [-0.1, -0.05) is 158 Å². The Kier molecular flexibility index (Phi) is 5.92. The van der Waals surface area contributed by atoms with Gasteiger partial charge < -0.3 is 4.42 Å². The van der Waals surface area contributed by atoms with Gasteiger partial charge in [0.2, 0.25) is 0 Å². The molecule has 0 amide bonds. The van der Waals surface area contributed by atoms with Gasteiger partial charge in [-0.05, 0) is 51.2 Å². The monoisotopic (exact) mass is 712 g/mol. The van der Waals surface area contributed by atoms with Crippen molar-refractivity contribution in [3.8, 4) is 56.4 Å².